The van der Waals surface area contributed by atoms with Crippen LogP contribution in [0.4, 0.5) is 10.1 Å². The van der Waals surface area contributed by atoms with Crippen LogP contribution in [0.5, 0.6) is 0 Å². The van der Waals surface area contributed by atoms with Crippen molar-refractivity contribution in [2.75, 3.05) is 25.5 Å². The molecule has 1 amide bonds. The number of hydrogen-bond acceptors (Lipinski definition) is 3. The van der Waals surface area contributed by atoms with Crippen LogP contribution in [0.2, 0.25) is 0 Å². The Morgan fingerprint density at radius 1 is 1.61 bits per heavy atom. The molecule has 0 bridgehead atoms. The van der Waals surface area contributed by atoms with E-state index in [-0.39, 0.29) is 17.6 Å². The first kappa shape index (κ1) is 13.3. The molecule has 1 heterocycles. The summed E-state index contributed by atoms with van der Waals surface area (Å²) >= 11 is 3.19. The summed E-state index contributed by atoms with van der Waals surface area (Å²) in [6.07, 6.45) is 0. The average Bonchev–Trinajstić information content (AvgIpc) is 2.33. The zero-order valence-electron chi connectivity index (χ0n) is 9.95. The van der Waals surface area contributed by atoms with Crippen molar-refractivity contribution in [3.05, 3.63) is 28.0 Å². The number of anilines is 1. The maximum absolute atomic E-state index is 13.2. The number of ether oxygens (including phenoxy) is 1. The molecule has 2 N–H and O–H groups in total. The van der Waals surface area contributed by atoms with Crippen LogP contribution < -0.4 is 5.73 Å². The zero-order chi connectivity index (χ0) is 13.3. The molecule has 0 spiro atoms. The summed E-state index contributed by atoms with van der Waals surface area (Å²) in [5, 5.41) is 0. The highest BCUT2D eigenvalue weighted by atomic mass is 79.9. The number of rotatable bonds is 1. The smallest absolute Gasteiger partial charge is 0.255 e. The van der Waals surface area contributed by atoms with E-state index in [1.807, 2.05) is 6.92 Å². The van der Waals surface area contributed by atoms with Crippen LogP contribution in [0.15, 0.2) is 16.6 Å². The maximum atomic E-state index is 13.2. The fourth-order valence-corrected chi connectivity index (χ4v) is 2.40. The van der Waals surface area contributed by atoms with E-state index in [0.717, 1.165) is 0 Å². The lowest BCUT2D eigenvalue weighted by molar-refractivity contribution is 0.00354. The van der Waals surface area contributed by atoms with Crippen LogP contribution in [0.1, 0.15) is 17.3 Å². The Bertz CT molecular complexity index is 481. The van der Waals surface area contributed by atoms with Gasteiger partial charge in [-0.15, -0.1) is 0 Å². The molecule has 6 heteroatoms. The summed E-state index contributed by atoms with van der Waals surface area (Å²) in [7, 11) is 0. The largest absolute Gasteiger partial charge is 0.396 e. The standard InChI is InChI=1S/C12H14BrFN2O2/c1-7-6-18-3-2-16(7)12(17)8-4-11(15)10(14)5-9(8)13/h4-5,7H,2-3,6,15H2,1H3. The van der Waals surface area contributed by atoms with Crippen molar-refractivity contribution < 1.29 is 13.9 Å². The maximum Gasteiger partial charge on any atom is 0.255 e. The van der Waals surface area contributed by atoms with Gasteiger partial charge in [0.2, 0.25) is 0 Å². The number of nitrogen functional groups attached to an aromatic ring is 1. The second kappa shape index (κ2) is 5.24. The van der Waals surface area contributed by atoms with E-state index in [1.54, 1.807) is 4.90 Å². The number of nitrogens with two attached hydrogens (primary N) is 1. The molecule has 1 aliphatic rings. The van der Waals surface area contributed by atoms with Gasteiger partial charge in [0.15, 0.2) is 0 Å². The minimum atomic E-state index is -0.534. The zero-order valence-corrected chi connectivity index (χ0v) is 11.5. The molecular weight excluding hydrogens is 303 g/mol. The van der Waals surface area contributed by atoms with Crippen LogP contribution in [0, 0.1) is 5.82 Å². The summed E-state index contributed by atoms with van der Waals surface area (Å²) < 4.78 is 18.9. The molecule has 1 saturated heterocycles. The fourth-order valence-electron chi connectivity index (χ4n) is 1.91. The second-order valence-electron chi connectivity index (χ2n) is 4.28. The number of hydrogen-bond donors (Lipinski definition) is 1. The van der Waals surface area contributed by atoms with Crippen molar-refractivity contribution in [2.24, 2.45) is 0 Å². The lowest BCUT2D eigenvalue weighted by Gasteiger charge is -2.33. The number of nitrogens with zero attached hydrogens (tertiary/aromatic N) is 1. The van der Waals surface area contributed by atoms with E-state index in [0.29, 0.717) is 29.8 Å². The SMILES string of the molecule is CC1COCCN1C(=O)c1cc(N)c(F)cc1Br. The molecule has 1 fully saturated rings. The summed E-state index contributed by atoms with van der Waals surface area (Å²) in [5.74, 6) is -0.696. The van der Waals surface area contributed by atoms with Gasteiger partial charge in [0.25, 0.3) is 5.91 Å². The van der Waals surface area contributed by atoms with Gasteiger partial charge in [-0.25, -0.2) is 4.39 Å². The van der Waals surface area contributed by atoms with Crippen molar-refractivity contribution in [1.82, 2.24) is 4.90 Å². The monoisotopic (exact) mass is 316 g/mol. The number of carbonyl (C=O) groups is 1. The van der Waals surface area contributed by atoms with Crippen molar-refractivity contribution in [3.8, 4) is 0 Å². The quantitative estimate of drug-likeness (QED) is 0.807. The summed E-state index contributed by atoms with van der Waals surface area (Å²) in [6, 6.07) is 2.59. The van der Waals surface area contributed by atoms with Crippen LogP contribution in [-0.2, 0) is 4.74 Å². The third-order valence-corrected chi connectivity index (χ3v) is 3.60. The number of benzene rings is 1. The Hall–Kier alpha value is -1.14. The van der Waals surface area contributed by atoms with Gasteiger partial charge < -0.3 is 15.4 Å². The van der Waals surface area contributed by atoms with E-state index < -0.39 is 5.82 Å². The van der Waals surface area contributed by atoms with Crippen molar-refractivity contribution >= 4 is 27.5 Å². The molecule has 2 rings (SSSR count). The van der Waals surface area contributed by atoms with Gasteiger partial charge in [-0.05, 0) is 35.0 Å². The molecule has 1 aromatic rings. The molecule has 98 valence electrons. The molecule has 1 aliphatic heterocycles. The highest BCUT2D eigenvalue weighted by Crippen LogP contribution is 2.25. The number of halogens is 2. The van der Waals surface area contributed by atoms with E-state index in [4.69, 9.17) is 10.5 Å². The lowest BCUT2D eigenvalue weighted by atomic mass is 10.1. The number of amides is 1. The summed E-state index contributed by atoms with van der Waals surface area (Å²) in [6.45, 7) is 3.48. The van der Waals surface area contributed by atoms with Crippen LogP contribution in [-0.4, -0.2) is 36.6 Å². The van der Waals surface area contributed by atoms with Gasteiger partial charge >= 0.3 is 0 Å². The van der Waals surface area contributed by atoms with Gasteiger partial charge in [0, 0.05) is 11.0 Å². The Morgan fingerprint density at radius 3 is 3.00 bits per heavy atom. The third-order valence-electron chi connectivity index (χ3n) is 2.95. The minimum Gasteiger partial charge on any atom is -0.396 e. The first-order valence-electron chi connectivity index (χ1n) is 5.64. The minimum absolute atomic E-state index is 0.00410. The van der Waals surface area contributed by atoms with E-state index in [2.05, 4.69) is 15.9 Å². The molecule has 1 atom stereocenters. The van der Waals surface area contributed by atoms with Crippen molar-refractivity contribution in [1.29, 1.82) is 0 Å². The molecule has 0 radical (unpaired) electrons. The molecule has 1 aromatic carbocycles. The fraction of sp³-hybridized carbons (Fsp3) is 0.417. The molecule has 1 unspecified atom stereocenters. The topological polar surface area (TPSA) is 55.6 Å². The van der Waals surface area contributed by atoms with Crippen molar-refractivity contribution in [2.45, 2.75) is 13.0 Å². The Morgan fingerprint density at radius 2 is 2.33 bits per heavy atom. The first-order chi connectivity index (χ1) is 8.50. The Labute approximate surface area is 113 Å². The Kier molecular flexibility index (Phi) is 3.87. The molecule has 4 nitrogen and oxygen atoms in total. The molecule has 0 saturated carbocycles. The Balaban J connectivity index is 2.30. The summed E-state index contributed by atoms with van der Waals surface area (Å²) in [4.78, 5) is 14.1. The third kappa shape index (κ3) is 2.49. The average molecular weight is 317 g/mol. The van der Waals surface area contributed by atoms with E-state index >= 15 is 0 Å². The second-order valence-corrected chi connectivity index (χ2v) is 5.13. The summed E-state index contributed by atoms with van der Waals surface area (Å²) in [5.41, 5.74) is 5.85. The normalized spacial score (nSPS) is 19.9. The molecule has 0 aromatic heterocycles. The van der Waals surface area contributed by atoms with Gasteiger partial charge in [0.1, 0.15) is 5.82 Å². The van der Waals surface area contributed by atoms with Gasteiger partial charge in [0.05, 0.1) is 30.5 Å². The van der Waals surface area contributed by atoms with E-state index in [1.165, 1.54) is 12.1 Å². The van der Waals surface area contributed by atoms with E-state index in [9.17, 15) is 9.18 Å². The molecule has 18 heavy (non-hydrogen) atoms. The van der Waals surface area contributed by atoms with Crippen molar-refractivity contribution in [3.63, 3.8) is 0 Å². The number of morpholine rings is 1. The highest BCUT2D eigenvalue weighted by Gasteiger charge is 2.26. The van der Waals surface area contributed by atoms with Gasteiger partial charge in [-0.2, -0.15) is 0 Å². The van der Waals surface area contributed by atoms with Gasteiger partial charge in [-0.3, -0.25) is 4.79 Å². The van der Waals surface area contributed by atoms with Gasteiger partial charge in [-0.1, -0.05) is 0 Å². The van der Waals surface area contributed by atoms with Crippen LogP contribution in [0.25, 0.3) is 0 Å². The van der Waals surface area contributed by atoms with Crippen LogP contribution in [0.3, 0.4) is 0 Å². The first-order valence-corrected chi connectivity index (χ1v) is 6.43. The lowest BCUT2D eigenvalue weighted by Crippen LogP contribution is -2.47. The highest BCUT2D eigenvalue weighted by molar-refractivity contribution is 9.10. The predicted molar refractivity (Wildman–Crippen MR) is 69.8 cm³/mol. The predicted octanol–water partition coefficient (Wildman–Crippen LogP) is 2.03. The molecule has 0 aliphatic carbocycles. The molecular formula is C12H14BrFN2O2. The number of carbonyl (C=O) groups excluding carboxylic acids is 1. The van der Waals surface area contributed by atoms with Crippen LogP contribution >= 0.6 is 15.9 Å².